The molecule has 0 bridgehead atoms. The Hall–Kier alpha value is -1.31. The summed E-state index contributed by atoms with van der Waals surface area (Å²) in [6.45, 7) is 2.69. The van der Waals surface area contributed by atoms with Crippen LogP contribution in [0.5, 0.6) is 0 Å². The molecule has 0 aliphatic heterocycles. The summed E-state index contributed by atoms with van der Waals surface area (Å²) in [7, 11) is 0. The van der Waals surface area contributed by atoms with Crippen molar-refractivity contribution >= 4 is 0 Å². The molecule has 0 aliphatic rings. The minimum absolute atomic E-state index is 0.157. The molecular weight excluding hydrogens is 329 g/mol. The molecule has 0 spiro atoms. The van der Waals surface area contributed by atoms with Gasteiger partial charge < -0.3 is 5.11 Å². The van der Waals surface area contributed by atoms with Crippen LogP contribution in [0.2, 0.25) is 0 Å². The Bertz CT molecular complexity index is 518. The highest BCUT2D eigenvalue weighted by atomic mass is 19.4. The van der Waals surface area contributed by atoms with Gasteiger partial charge in [0.15, 0.2) is 0 Å². The van der Waals surface area contributed by atoms with Crippen LogP contribution < -0.4 is 0 Å². The van der Waals surface area contributed by atoms with Crippen LogP contribution in [-0.2, 0) is 12.0 Å². The third-order valence-corrected chi connectivity index (χ3v) is 3.50. The smallest absolute Gasteiger partial charge is 0.385 e. The fourth-order valence-electron chi connectivity index (χ4n) is 2.17. The van der Waals surface area contributed by atoms with Crippen molar-refractivity contribution in [2.24, 2.45) is 0 Å². The number of aliphatic hydroxyl groups is 1. The van der Waals surface area contributed by atoms with Crippen molar-refractivity contribution in [3.63, 3.8) is 0 Å². The van der Waals surface area contributed by atoms with Gasteiger partial charge in [0.25, 0.3) is 0 Å². The molecule has 132 valence electrons. The molecule has 1 aromatic carbocycles. The fourth-order valence-corrected chi connectivity index (χ4v) is 2.17. The lowest BCUT2D eigenvalue weighted by Crippen LogP contribution is -2.54. The van der Waals surface area contributed by atoms with Crippen molar-refractivity contribution in [2.45, 2.75) is 56.7 Å². The van der Waals surface area contributed by atoms with E-state index in [4.69, 9.17) is 0 Å². The molecule has 0 amide bonds. The molecular formula is C15H17F7O. The van der Waals surface area contributed by atoms with Crippen LogP contribution in [0.3, 0.4) is 0 Å². The van der Waals surface area contributed by atoms with E-state index in [1.165, 1.54) is 24.3 Å². The van der Waals surface area contributed by atoms with E-state index in [0.717, 1.165) is 18.9 Å². The number of hydrogen-bond acceptors (Lipinski definition) is 1. The maximum Gasteiger partial charge on any atom is 0.459 e. The molecule has 0 aliphatic carbocycles. The maximum atomic E-state index is 13.4. The molecule has 1 aromatic rings. The minimum Gasteiger partial charge on any atom is -0.385 e. The normalized spacial score (nSPS) is 16.3. The Morgan fingerprint density at radius 3 is 1.78 bits per heavy atom. The number of benzene rings is 1. The number of aryl methyl sites for hydroxylation is 1. The summed E-state index contributed by atoms with van der Waals surface area (Å²) in [6, 6.07) is 5.50. The zero-order valence-electron chi connectivity index (χ0n) is 12.5. The highest BCUT2D eigenvalue weighted by molar-refractivity contribution is 5.27. The Morgan fingerprint density at radius 2 is 1.39 bits per heavy atom. The van der Waals surface area contributed by atoms with Gasteiger partial charge in [-0.2, -0.15) is 30.7 Å². The maximum absolute atomic E-state index is 13.4. The van der Waals surface area contributed by atoms with Crippen LogP contribution in [0.4, 0.5) is 30.7 Å². The van der Waals surface area contributed by atoms with E-state index in [2.05, 4.69) is 0 Å². The van der Waals surface area contributed by atoms with E-state index in [1.54, 1.807) is 0 Å². The monoisotopic (exact) mass is 346 g/mol. The number of halogens is 7. The second kappa shape index (κ2) is 6.30. The Labute approximate surface area is 129 Å². The van der Waals surface area contributed by atoms with E-state index in [0.29, 0.717) is 6.42 Å². The lowest BCUT2D eigenvalue weighted by molar-refractivity contribution is -0.361. The number of alkyl halides is 7. The predicted molar refractivity (Wildman–Crippen MR) is 70.6 cm³/mol. The molecule has 1 unspecified atom stereocenters. The van der Waals surface area contributed by atoms with Crippen LogP contribution in [0, 0.1) is 0 Å². The predicted octanol–water partition coefficient (Wildman–Crippen LogP) is 5.07. The Balaban J connectivity index is 3.04. The van der Waals surface area contributed by atoms with Gasteiger partial charge in [0, 0.05) is 0 Å². The van der Waals surface area contributed by atoms with Crippen LogP contribution >= 0.6 is 0 Å². The molecule has 0 heterocycles. The van der Waals surface area contributed by atoms with Gasteiger partial charge >= 0.3 is 18.0 Å². The summed E-state index contributed by atoms with van der Waals surface area (Å²) in [4.78, 5) is 0. The van der Waals surface area contributed by atoms with Crippen molar-refractivity contribution in [1.82, 2.24) is 0 Å². The molecule has 8 heteroatoms. The quantitative estimate of drug-likeness (QED) is 0.713. The van der Waals surface area contributed by atoms with Crippen molar-refractivity contribution in [1.29, 1.82) is 0 Å². The number of hydrogen-bond donors (Lipinski definition) is 1. The van der Waals surface area contributed by atoms with Gasteiger partial charge in [-0.15, -0.1) is 0 Å². The van der Waals surface area contributed by atoms with Crippen LogP contribution in [-0.4, -0.2) is 23.1 Å². The van der Waals surface area contributed by atoms with Gasteiger partial charge in [-0.1, -0.05) is 37.6 Å². The van der Waals surface area contributed by atoms with Gasteiger partial charge in [0.1, 0.15) is 0 Å². The standard InChI is InChI=1S/C15H17F7O/c1-3-4-10-5-7-11(8-6-10)12(2,23)9-13(16,17)14(18,19)15(20,21)22/h5-8,23H,3-4,9H2,1-2H3. The highest BCUT2D eigenvalue weighted by Crippen LogP contribution is 2.50. The fraction of sp³-hybridized carbons (Fsp3) is 0.600. The summed E-state index contributed by atoms with van der Waals surface area (Å²) in [5.41, 5.74) is -1.86. The summed E-state index contributed by atoms with van der Waals surface area (Å²) in [6.07, 6.45) is -6.96. The van der Waals surface area contributed by atoms with Gasteiger partial charge in [-0.3, -0.25) is 0 Å². The SMILES string of the molecule is CCCc1ccc(C(C)(O)CC(F)(F)C(F)(F)C(F)(F)F)cc1. The number of rotatable bonds is 6. The van der Waals surface area contributed by atoms with Crippen molar-refractivity contribution < 1.29 is 35.8 Å². The zero-order valence-corrected chi connectivity index (χ0v) is 12.5. The first-order valence-electron chi connectivity index (χ1n) is 6.89. The average molecular weight is 346 g/mol. The van der Waals surface area contributed by atoms with Crippen molar-refractivity contribution in [3.8, 4) is 0 Å². The third kappa shape index (κ3) is 4.16. The molecule has 1 nitrogen and oxygen atoms in total. The summed E-state index contributed by atoms with van der Waals surface area (Å²) >= 11 is 0. The Kier molecular flexibility index (Phi) is 5.40. The third-order valence-electron chi connectivity index (χ3n) is 3.50. The average Bonchev–Trinajstić information content (AvgIpc) is 2.37. The van der Waals surface area contributed by atoms with E-state index < -0.39 is 30.0 Å². The van der Waals surface area contributed by atoms with Crippen LogP contribution in [0.15, 0.2) is 24.3 Å². The molecule has 1 atom stereocenters. The van der Waals surface area contributed by atoms with E-state index in [-0.39, 0.29) is 5.56 Å². The molecule has 1 rings (SSSR count). The second-order valence-electron chi connectivity index (χ2n) is 5.67. The molecule has 0 saturated carbocycles. The lowest BCUT2D eigenvalue weighted by Gasteiger charge is -2.34. The first-order valence-corrected chi connectivity index (χ1v) is 6.89. The summed E-state index contributed by atoms with van der Waals surface area (Å²) in [5, 5.41) is 9.99. The van der Waals surface area contributed by atoms with E-state index in [9.17, 15) is 35.8 Å². The molecule has 0 radical (unpaired) electrons. The van der Waals surface area contributed by atoms with Crippen molar-refractivity contribution in [2.75, 3.05) is 0 Å². The van der Waals surface area contributed by atoms with Gasteiger partial charge in [0.2, 0.25) is 0 Å². The minimum atomic E-state index is -6.41. The summed E-state index contributed by atoms with van der Waals surface area (Å²) < 4.78 is 89.2. The van der Waals surface area contributed by atoms with E-state index >= 15 is 0 Å². The van der Waals surface area contributed by atoms with Crippen LogP contribution in [0.1, 0.15) is 37.8 Å². The molecule has 0 fully saturated rings. The second-order valence-corrected chi connectivity index (χ2v) is 5.67. The molecule has 23 heavy (non-hydrogen) atoms. The zero-order chi connectivity index (χ0) is 18.1. The summed E-state index contributed by atoms with van der Waals surface area (Å²) in [5.74, 6) is -11.7. The Morgan fingerprint density at radius 1 is 0.913 bits per heavy atom. The van der Waals surface area contributed by atoms with Crippen LogP contribution in [0.25, 0.3) is 0 Å². The van der Waals surface area contributed by atoms with E-state index in [1.807, 2.05) is 6.92 Å². The van der Waals surface area contributed by atoms with Gasteiger partial charge in [-0.05, 0) is 24.5 Å². The molecule has 1 N–H and O–H groups in total. The van der Waals surface area contributed by atoms with Gasteiger partial charge in [0.05, 0.1) is 12.0 Å². The topological polar surface area (TPSA) is 20.2 Å². The molecule has 0 aromatic heterocycles. The highest BCUT2D eigenvalue weighted by Gasteiger charge is 2.73. The first-order chi connectivity index (χ1) is 10.2. The van der Waals surface area contributed by atoms with Gasteiger partial charge in [-0.25, -0.2) is 0 Å². The molecule has 0 saturated heterocycles. The van der Waals surface area contributed by atoms with Crippen molar-refractivity contribution in [3.05, 3.63) is 35.4 Å². The lowest BCUT2D eigenvalue weighted by atomic mass is 9.87. The largest absolute Gasteiger partial charge is 0.459 e. The first kappa shape index (κ1) is 19.7.